The van der Waals surface area contributed by atoms with Crippen molar-refractivity contribution < 1.29 is 4.74 Å². The third kappa shape index (κ3) is 3.59. The molecule has 0 spiro atoms. The number of aryl methyl sites for hydroxylation is 1. The number of aromatic nitrogens is 1. The van der Waals surface area contributed by atoms with Crippen molar-refractivity contribution in [3.05, 3.63) is 30.5 Å². The van der Waals surface area contributed by atoms with Gasteiger partial charge in [-0.3, -0.25) is 0 Å². The van der Waals surface area contributed by atoms with E-state index in [-0.39, 0.29) is 0 Å². The fraction of sp³-hybridized carbons (Fsp3) is 0.556. The minimum atomic E-state index is 0.698. The predicted molar refractivity (Wildman–Crippen MR) is 88.0 cm³/mol. The van der Waals surface area contributed by atoms with E-state index < -0.39 is 0 Å². The van der Waals surface area contributed by atoms with Crippen LogP contribution in [0.3, 0.4) is 0 Å². The fourth-order valence-electron chi connectivity index (χ4n) is 3.15. The van der Waals surface area contributed by atoms with Gasteiger partial charge in [0.1, 0.15) is 5.75 Å². The lowest BCUT2D eigenvalue weighted by Gasteiger charge is -2.23. The van der Waals surface area contributed by atoms with E-state index in [9.17, 15) is 0 Å². The van der Waals surface area contributed by atoms with Gasteiger partial charge in [-0.25, -0.2) is 0 Å². The Morgan fingerprint density at radius 3 is 3.05 bits per heavy atom. The number of nitrogens with zero attached hydrogens (tertiary/aromatic N) is 1. The van der Waals surface area contributed by atoms with E-state index in [1.54, 1.807) is 0 Å². The molecule has 1 unspecified atom stereocenters. The van der Waals surface area contributed by atoms with Crippen molar-refractivity contribution in [3.63, 3.8) is 0 Å². The first kappa shape index (κ1) is 14.5. The molecule has 3 heteroatoms. The molecule has 1 saturated heterocycles. The standard InChI is InChI=1S/C18H26N2O/c1-2-13-21-17-6-7-18-15(14-17)8-11-20(18)12-9-16-5-3-4-10-19-16/h6-8,11,14,16,19H,2-5,9-10,12-13H2,1H3. The fourth-order valence-corrected chi connectivity index (χ4v) is 3.15. The van der Waals surface area contributed by atoms with Gasteiger partial charge in [-0.15, -0.1) is 0 Å². The van der Waals surface area contributed by atoms with E-state index in [1.165, 1.54) is 43.1 Å². The monoisotopic (exact) mass is 286 g/mol. The van der Waals surface area contributed by atoms with Gasteiger partial charge in [0.05, 0.1) is 6.61 Å². The van der Waals surface area contributed by atoms with Crippen LogP contribution in [0.15, 0.2) is 30.5 Å². The number of rotatable bonds is 6. The molecule has 2 aromatic rings. The number of hydrogen-bond acceptors (Lipinski definition) is 2. The van der Waals surface area contributed by atoms with Crippen molar-refractivity contribution in [1.82, 2.24) is 9.88 Å². The normalized spacial score (nSPS) is 19.0. The van der Waals surface area contributed by atoms with Gasteiger partial charge < -0.3 is 14.6 Å². The van der Waals surface area contributed by atoms with Crippen LogP contribution in [0.25, 0.3) is 10.9 Å². The molecule has 2 heterocycles. The Morgan fingerprint density at radius 1 is 1.29 bits per heavy atom. The van der Waals surface area contributed by atoms with Crippen molar-refractivity contribution in [2.75, 3.05) is 13.2 Å². The van der Waals surface area contributed by atoms with Gasteiger partial charge in [0.2, 0.25) is 0 Å². The number of fused-ring (bicyclic) bond motifs is 1. The summed E-state index contributed by atoms with van der Waals surface area (Å²) in [5, 5.41) is 4.91. The average Bonchev–Trinajstić information content (AvgIpc) is 2.94. The number of nitrogens with one attached hydrogen (secondary N) is 1. The zero-order valence-electron chi connectivity index (χ0n) is 13.0. The summed E-state index contributed by atoms with van der Waals surface area (Å²) in [5.41, 5.74) is 1.31. The second-order valence-electron chi connectivity index (χ2n) is 6.01. The molecule has 0 bridgehead atoms. The highest BCUT2D eigenvalue weighted by atomic mass is 16.5. The van der Waals surface area contributed by atoms with E-state index in [4.69, 9.17) is 4.74 Å². The van der Waals surface area contributed by atoms with Crippen molar-refractivity contribution in [2.45, 2.75) is 51.6 Å². The maximum Gasteiger partial charge on any atom is 0.120 e. The molecule has 114 valence electrons. The summed E-state index contributed by atoms with van der Waals surface area (Å²) >= 11 is 0. The van der Waals surface area contributed by atoms with E-state index in [1.807, 2.05) is 0 Å². The highest BCUT2D eigenvalue weighted by molar-refractivity contribution is 5.81. The summed E-state index contributed by atoms with van der Waals surface area (Å²) in [6, 6.07) is 9.33. The maximum atomic E-state index is 5.71. The molecule has 3 nitrogen and oxygen atoms in total. The Kier molecular flexibility index (Phi) is 4.81. The predicted octanol–water partition coefficient (Wildman–Crippen LogP) is 3.96. The molecule has 0 aliphatic carbocycles. The first-order valence-corrected chi connectivity index (χ1v) is 8.32. The summed E-state index contributed by atoms with van der Waals surface area (Å²) in [4.78, 5) is 0. The maximum absolute atomic E-state index is 5.71. The zero-order valence-corrected chi connectivity index (χ0v) is 13.0. The molecule has 1 atom stereocenters. The summed E-state index contributed by atoms with van der Waals surface area (Å²) in [6.45, 7) is 5.21. The Bertz CT molecular complexity index is 570. The van der Waals surface area contributed by atoms with Crippen molar-refractivity contribution in [1.29, 1.82) is 0 Å². The number of ether oxygens (including phenoxy) is 1. The third-order valence-corrected chi connectivity index (χ3v) is 4.35. The molecule has 1 aromatic heterocycles. The first-order chi connectivity index (χ1) is 10.4. The van der Waals surface area contributed by atoms with Gasteiger partial charge >= 0.3 is 0 Å². The van der Waals surface area contributed by atoms with Gasteiger partial charge in [-0.2, -0.15) is 0 Å². The van der Waals surface area contributed by atoms with Crippen LogP contribution in [0.4, 0.5) is 0 Å². The summed E-state index contributed by atoms with van der Waals surface area (Å²) in [5.74, 6) is 0.982. The van der Waals surface area contributed by atoms with E-state index >= 15 is 0 Å². The zero-order chi connectivity index (χ0) is 14.5. The summed E-state index contributed by atoms with van der Waals surface area (Å²) in [6.07, 6.45) is 8.52. The van der Waals surface area contributed by atoms with Crippen LogP contribution in [0, 0.1) is 0 Å². The molecule has 3 rings (SSSR count). The molecule has 1 fully saturated rings. The van der Waals surface area contributed by atoms with E-state index in [0.717, 1.165) is 25.3 Å². The Balaban J connectivity index is 1.65. The molecule has 0 saturated carbocycles. The Hall–Kier alpha value is -1.48. The van der Waals surface area contributed by atoms with Gasteiger partial charge in [-0.1, -0.05) is 13.3 Å². The van der Waals surface area contributed by atoms with Crippen LogP contribution < -0.4 is 10.1 Å². The largest absolute Gasteiger partial charge is 0.494 e. The van der Waals surface area contributed by atoms with Crippen LogP contribution in [0.1, 0.15) is 39.0 Å². The van der Waals surface area contributed by atoms with Crippen molar-refractivity contribution >= 4 is 10.9 Å². The second kappa shape index (κ2) is 6.99. The van der Waals surface area contributed by atoms with Crippen LogP contribution >= 0.6 is 0 Å². The Labute approximate surface area is 127 Å². The summed E-state index contributed by atoms with van der Waals surface area (Å²) < 4.78 is 8.08. The third-order valence-electron chi connectivity index (χ3n) is 4.35. The average molecular weight is 286 g/mol. The van der Waals surface area contributed by atoms with Gasteiger partial charge in [0.15, 0.2) is 0 Å². The van der Waals surface area contributed by atoms with Crippen LogP contribution in [-0.4, -0.2) is 23.8 Å². The smallest absolute Gasteiger partial charge is 0.120 e. The lowest BCUT2D eigenvalue weighted by atomic mass is 10.0. The molecule has 21 heavy (non-hydrogen) atoms. The molecule has 1 N–H and O–H groups in total. The summed E-state index contributed by atoms with van der Waals surface area (Å²) in [7, 11) is 0. The molecule has 0 amide bonds. The Morgan fingerprint density at radius 2 is 2.24 bits per heavy atom. The minimum absolute atomic E-state index is 0.698. The molecule has 1 aliphatic rings. The minimum Gasteiger partial charge on any atom is -0.494 e. The molecular weight excluding hydrogens is 260 g/mol. The van der Waals surface area contributed by atoms with Crippen molar-refractivity contribution in [3.8, 4) is 5.75 Å². The second-order valence-corrected chi connectivity index (χ2v) is 6.01. The van der Waals surface area contributed by atoms with Crippen LogP contribution in [0.2, 0.25) is 0 Å². The quantitative estimate of drug-likeness (QED) is 0.870. The highest BCUT2D eigenvalue weighted by Crippen LogP contribution is 2.23. The number of hydrogen-bond donors (Lipinski definition) is 1. The molecule has 1 aliphatic heterocycles. The number of piperidine rings is 1. The van der Waals surface area contributed by atoms with Gasteiger partial charge in [0, 0.05) is 29.7 Å². The van der Waals surface area contributed by atoms with E-state index in [2.05, 4.69) is 47.3 Å². The first-order valence-electron chi connectivity index (χ1n) is 8.32. The topological polar surface area (TPSA) is 26.2 Å². The molecule has 0 radical (unpaired) electrons. The van der Waals surface area contributed by atoms with Crippen LogP contribution in [-0.2, 0) is 6.54 Å². The molecular formula is C18H26N2O. The van der Waals surface area contributed by atoms with Crippen molar-refractivity contribution in [2.24, 2.45) is 0 Å². The number of benzene rings is 1. The van der Waals surface area contributed by atoms with E-state index in [0.29, 0.717) is 6.04 Å². The lowest BCUT2D eigenvalue weighted by Crippen LogP contribution is -2.34. The van der Waals surface area contributed by atoms with Gasteiger partial charge in [0.25, 0.3) is 0 Å². The SMILES string of the molecule is CCCOc1ccc2c(ccn2CCC2CCCCN2)c1. The van der Waals surface area contributed by atoms with Gasteiger partial charge in [-0.05, 0) is 56.5 Å². The highest BCUT2D eigenvalue weighted by Gasteiger charge is 2.12. The lowest BCUT2D eigenvalue weighted by molar-refractivity contribution is 0.318. The molecule has 1 aromatic carbocycles. The van der Waals surface area contributed by atoms with Crippen LogP contribution in [0.5, 0.6) is 5.75 Å².